The van der Waals surface area contributed by atoms with Crippen molar-refractivity contribution in [2.24, 2.45) is 5.92 Å². The molecular weight excluding hydrogens is 550 g/mol. The lowest BCUT2D eigenvalue weighted by Crippen LogP contribution is -2.44. The number of hydrogen-bond acceptors (Lipinski definition) is 3. The number of amides is 2. The molecule has 0 spiro atoms. The summed E-state index contributed by atoms with van der Waals surface area (Å²) < 4.78 is 38.9. The number of carbonyl (C=O) groups is 2. The molecule has 2 unspecified atom stereocenters. The summed E-state index contributed by atoms with van der Waals surface area (Å²) in [6.45, 7) is 3.26. The molecule has 3 fully saturated rings. The quantitative estimate of drug-likeness (QED) is 0.405. The molecule has 39 heavy (non-hydrogen) atoms. The minimum atomic E-state index is -4.20. The van der Waals surface area contributed by atoms with Crippen molar-refractivity contribution in [1.29, 1.82) is 0 Å². The summed E-state index contributed by atoms with van der Waals surface area (Å²) in [5.74, 6) is -1.44. The van der Waals surface area contributed by atoms with Crippen LogP contribution in [0.5, 0.6) is 0 Å². The van der Waals surface area contributed by atoms with Crippen LogP contribution in [-0.2, 0) is 16.1 Å². The molecule has 5 nitrogen and oxygen atoms in total. The van der Waals surface area contributed by atoms with Crippen molar-refractivity contribution >= 4 is 35.0 Å². The van der Waals surface area contributed by atoms with Gasteiger partial charge in [-0.05, 0) is 69.3 Å². The maximum absolute atomic E-state index is 13.1. The van der Waals surface area contributed by atoms with E-state index in [9.17, 15) is 22.8 Å². The third kappa shape index (κ3) is 6.33. The topological polar surface area (TPSA) is 43.9 Å². The second-order valence-corrected chi connectivity index (χ2v) is 11.9. The zero-order valence-corrected chi connectivity index (χ0v) is 23.4. The molecule has 2 atom stereocenters. The Morgan fingerprint density at radius 2 is 1.62 bits per heavy atom. The van der Waals surface area contributed by atoms with E-state index in [-0.39, 0.29) is 49.7 Å². The Labute approximate surface area is 237 Å². The van der Waals surface area contributed by atoms with Crippen molar-refractivity contribution in [2.75, 3.05) is 32.7 Å². The van der Waals surface area contributed by atoms with Crippen molar-refractivity contribution < 1.29 is 22.8 Å². The molecule has 0 saturated carbocycles. The van der Waals surface area contributed by atoms with E-state index in [1.807, 2.05) is 29.2 Å². The fourth-order valence-electron chi connectivity index (χ4n) is 6.25. The first-order chi connectivity index (χ1) is 18.6. The zero-order valence-electron chi connectivity index (χ0n) is 21.9. The molecule has 0 radical (unpaired) electrons. The molecule has 1 aromatic rings. The van der Waals surface area contributed by atoms with Crippen molar-refractivity contribution in [3.05, 3.63) is 57.1 Å². The Morgan fingerprint density at radius 3 is 2.21 bits per heavy atom. The standard InChI is InChI=1S/C29H34Cl2F3N3O2/c30-24-16-21(17-25(31)23(24)18-37-15-10-26(28(37)39)35-11-2-1-3-12-35)19-4-6-20(7-5-19)27(38)36-13-8-22(9-14-36)29(32,33)34/h4,6-7,16-17,19,22,26H,1-3,5,8-15,18H2. The molecule has 3 aliphatic heterocycles. The van der Waals surface area contributed by atoms with Crippen molar-refractivity contribution in [2.45, 2.75) is 69.6 Å². The highest BCUT2D eigenvalue weighted by molar-refractivity contribution is 6.36. The number of allylic oxidation sites excluding steroid dienone is 2. The van der Waals surface area contributed by atoms with Crippen molar-refractivity contribution in [3.8, 4) is 0 Å². The number of halogens is 5. The SMILES string of the molecule is O=C(C1=CCC(c2cc(Cl)c(CN3CCC(N4CCCCC4)C3=O)c(Cl)c2)C=C1)N1CCC(C(F)(F)F)CC1. The minimum absolute atomic E-state index is 0.0292. The Morgan fingerprint density at radius 1 is 0.949 bits per heavy atom. The van der Waals surface area contributed by atoms with E-state index in [2.05, 4.69) is 4.90 Å². The van der Waals surface area contributed by atoms with Gasteiger partial charge >= 0.3 is 6.18 Å². The highest BCUT2D eigenvalue weighted by atomic mass is 35.5. The highest BCUT2D eigenvalue weighted by Crippen LogP contribution is 2.37. The third-order valence-corrected chi connectivity index (χ3v) is 9.31. The first-order valence-corrected chi connectivity index (χ1v) is 14.6. The van der Waals surface area contributed by atoms with E-state index in [0.29, 0.717) is 35.1 Å². The highest BCUT2D eigenvalue weighted by Gasteiger charge is 2.42. The number of rotatable bonds is 5. The van der Waals surface area contributed by atoms with Gasteiger partial charge in [0, 0.05) is 53.3 Å². The van der Waals surface area contributed by atoms with Gasteiger partial charge in [0.1, 0.15) is 0 Å². The summed E-state index contributed by atoms with van der Waals surface area (Å²) in [4.78, 5) is 31.6. The molecule has 1 aromatic carbocycles. The van der Waals surface area contributed by atoms with Crippen LogP contribution < -0.4 is 0 Å². The van der Waals surface area contributed by atoms with Gasteiger partial charge < -0.3 is 9.80 Å². The zero-order chi connectivity index (χ0) is 27.7. The van der Waals surface area contributed by atoms with Crippen molar-refractivity contribution in [1.82, 2.24) is 14.7 Å². The van der Waals surface area contributed by atoms with E-state index < -0.39 is 12.1 Å². The predicted octanol–water partition coefficient (Wildman–Crippen LogP) is 6.35. The number of benzene rings is 1. The summed E-state index contributed by atoms with van der Waals surface area (Å²) in [6, 6.07) is 3.71. The lowest BCUT2D eigenvalue weighted by molar-refractivity contribution is -0.186. The normalized spacial score (nSPS) is 25.4. The molecule has 1 aliphatic carbocycles. The van der Waals surface area contributed by atoms with Gasteiger partial charge in [0.2, 0.25) is 5.91 Å². The fourth-order valence-corrected chi connectivity index (χ4v) is 6.87. The average molecular weight is 585 g/mol. The molecule has 3 saturated heterocycles. The van der Waals surface area contributed by atoms with E-state index in [1.165, 1.54) is 11.3 Å². The number of hydrogen-bond donors (Lipinski definition) is 0. The van der Waals surface area contributed by atoms with Gasteiger partial charge in [-0.25, -0.2) is 0 Å². The van der Waals surface area contributed by atoms with Gasteiger partial charge in [0.25, 0.3) is 5.91 Å². The molecule has 212 valence electrons. The van der Waals surface area contributed by atoms with Gasteiger partial charge in [-0.2, -0.15) is 13.2 Å². The van der Waals surface area contributed by atoms with Gasteiger partial charge in [0.05, 0.1) is 12.0 Å². The third-order valence-electron chi connectivity index (χ3n) is 8.63. The predicted molar refractivity (Wildman–Crippen MR) is 146 cm³/mol. The van der Waals surface area contributed by atoms with E-state index in [0.717, 1.165) is 43.5 Å². The Kier molecular flexibility index (Phi) is 8.65. The van der Waals surface area contributed by atoms with Gasteiger partial charge in [0.15, 0.2) is 0 Å². The van der Waals surface area contributed by atoms with Crippen LogP contribution in [0.25, 0.3) is 0 Å². The van der Waals surface area contributed by atoms with E-state index in [4.69, 9.17) is 23.2 Å². The first kappa shape index (κ1) is 28.5. The number of carbonyl (C=O) groups excluding carboxylic acids is 2. The number of alkyl halides is 3. The van der Waals surface area contributed by atoms with Gasteiger partial charge in [-0.3, -0.25) is 14.5 Å². The maximum atomic E-state index is 13.1. The van der Waals surface area contributed by atoms with Crippen LogP contribution in [0.1, 0.15) is 62.0 Å². The molecule has 0 aromatic heterocycles. The summed E-state index contributed by atoms with van der Waals surface area (Å²) in [7, 11) is 0. The van der Waals surface area contributed by atoms with Crippen LogP contribution in [0.4, 0.5) is 13.2 Å². The molecule has 4 aliphatic rings. The maximum Gasteiger partial charge on any atom is 0.391 e. The van der Waals surface area contributed by atoms with Gasteiger partial charge in [-0.1, -0.05) is 47.9 Å². The summed E-state index contributed by atoms with van der Waals surface area (Å²) in [5, 5.41) is 1.03. The number of likely N-dealkylation sites (tertiary alicyclic amines) is 3. The second-order valence-electron chi connectivity index (χ2n) is 11.1. The monoisotopic (exact) mass is 583 g/mol. The lowest BCUT2D eigenvalue weighted by atomic mass is 9.89. The molecule has 5 rings (SSSR count). The van der Waals surface area contributed by atoms with Gasteiger partial charge in [-0.15, -0.1) is 0 Å². The van der Waals surface area contributed by atoms with Crippen LogP contribution in [0.2, 0.25) is 10.0 Å². The van der Waals surface area contributed by atoms with Crippen molar-refractivity contribution in [3.63, 3.8) is 0 Å². The van der Waals surface area contributed by atoms with E-state index in [1.54, 1.807) is 6.08 Å². The van der Waals surface area contributed by atoms with Crippen LogP contribution in [0.15, 0.2) is 35.9 Å². The Bertz CT molecular complexity index is 1130. The first-order valence-electron chi connectivity index (χ1n) is 13.9. The van der Waals surface area contributed by atoms with Crippen LogP contribution in [0, 0.1) is 5.92 Å². The molecular formula is C29H34Cl2F3N3O2. The smallest absolute Gasteiger partial charge is 0.339 e. The largest absolute Gasteiger partial charge is 0.391 e. The molecule has 3 heterocycles. The molecule has 2 amide bonds. The average Bonchev–Trinajstić information content (AvgIpc) is 3.30. The molecule has 0 N–H and O–H groups in total. The summed E-state index contributed by atoms with van der Waals surface area (Å²) >= 11 is 13.4. The summed E-state index contributed by atoms with van der Waals surface area (Å²) in [5.41, 5.74) is 2.15. The van der Waals surface area contributed by atoms with Crippen LogP contribution in [0.3, 0.4) is 0 Å². The van der Waals surface area contributed by atoms with E-state index >= 15 is 0 Å². The summed E-state index contributed by atoms with van der Waals surface area (Å²) in [6.07, 6.45) is 6.08. The molecule has 0 bridgehead atoms. The van der Waals surface area contributed by atoms with Crippen LogP contribution >= 0.6 is 23.2 Å². The number of piperidine rings is 2. The number of nitrogens with zero attached hydrogens (tertiary/aromatic N) is 3. The molecule has 10 heteroatoms. The Balaban J connectivity index is 1.18. The second kappa shape index (κ2) is 11.8. The fraction of sp³-hybridized carbons (Fsp3) is 0.586. The lowest BCUT2D eigenvalue weighted by Gasteiger charge is -2.33. The van der Waals surface area contributed by atoms with Crippen LogP contribution in [-0.4, -0.2) is 71.5 Å². The minimum Gasteiger partial charge on any atom is -0.339 e. The Hall–Kier alpha value is -2.03.